The highest BCUT2D eigenvalue weighted by molar-refractivity contribution is 6.30. The summed E-state index contributed by atoms with van der Waals surface area (Å²) in [6.07, 6.45) is 7.55. The van der Waals surface area contributed by atoms with Crippen molar-refractivity contribution >= 4 is 29.1 Å². The molecule has 2 aromatic carbocycles. The number of hydrogen-bond acceptors (Lipinski definition) is 1. The second kappa shape index (κ2) is 11.8. The monoisotopic (exact) mass is 499 g/mol. The Kier molecular flexibility index (Phi) is 9.29. The lowest BCUT2D eigenvalue weighted by Crippen LogP contribution is -2.55. The summed E-state index contributed by atoms with van der Waals surface area (Å²) in [6.45, 7) is 12.8. The van der Waals surface area contributed by atoms with Gasteiger partial charge in [-0.05, 0) is 67.0 Å². The van der Waals surface area contributed by atoms with E-state index in [0.29, 0.717) is 17.4 Å². The van der Waals surface area contributed by atoms with E-state index < -0.39 is 5.41 Å². The van der Waals surface area contributed by atoms with Gasteiger partial charge >= 0.3 is 0 Å². The van der Waals surface area contributed by atoms with E-state index in [1.165, 1.54) is 12.0 Å². The van der Waals surface area contributed by atoms with E-state index >= 15 is 0 Å². The number of benzene rings is 2. The van der Waals surface area contributed by atoms with Crippen molar-refractivity contribution in [3.63, 3.8) is 0 Å². The molecule has 2 aromatic rings. The summed E-state index contributed by atoms with van der Waals surface area (Å²) < 4.78 is 0. The standard InChI is InChI=1S/C30H39Cl2NO/c1-6-18-30(5)20-27(23-11-9-12-25(32)19-23)28(22-14-16-24(31)17-15-22)33(29(30)34)26(7-2)13-8-10-21(3)4/h6,9,11-12,14-17,19,21,26-28H,1,7-8,10,13,18,20H2,2-5H3/t26-,27+,28+,30-/m0/s1. The van der Waals surface area contributed by atoms with Gasteiger partial charge in [-0.1, -0.05) is 94.1 Å². The van der Waals surface area contributed by atoms with E-state index in [2.05, 4.69) is 63.4 Å². The highest BCUT2D eigenvalue weighted by Crippen LogP contribution is 2.52. The molecule has 2 nitrogen and oxygen atoms in total. The summed E-state index contributed by atoms with van der Waals surface area (Å²) in [7, 11) is 0. The molecule has 1 fully saturated rings. The minimum atomic E-state index is -0.497. The SMILES string of the molecule is C=CC[C@@]1(C)C[C@H](c2cccc(Cl)c2)[C@@H](c2ccc(Cl)cc2)N([C@@H](CC)CCCC(C)C)C1=O. The van der Waals surface area contributed by atoms with Gasteiger partial charge in [0.25, 0.3) is 0 Å². The van der Waals surface area contributed by atoms with Crippen LogP contribution in [0.15, 0.2) is 61.2 Å². The van der Waals surface area contributed by atoms with Crippen molar-refractivity contribution in [2.75, 3.05) is 0 Å². The van der Waals surface area contributed by atoms with Crippen LogP contribution < -0.4 is 0 Å². The van der Waals surface area contributed by atoms with Crippen molar-refractivity contribution in [3.05, 3.63) is 82.4 Å². The molecule has 0 N–H and O–H groups in total. The molecule has 1 amide bonds. The first kappa shape index (κ1) is 26.8. The number of nitrogens with zero attached hydrogens (tertiary/aromatic N) is 1. The van der Waals surface area contributed by atoms with Crippen LogP contribution in [0.4, 0.5) is 0 Å². The zero-order chi connectivity index (χ0) is 24.9. The quantitative estimate of drug-likeness (QED) is 0.298. The maximum absolute atomic E-state index is 14.3. The number of amides is 1. The fraction of sp³-hybridized carbons (Fsp3) is 0.500. The third-order valence-corrected chi connectivity index (χ3v) is 7.86. The summed E-state index contributed by atoms with van der Waals surface area (Å²) in [5, 5.41) is 1.43. The van der Waals surface area contributed by atoms with Crippen LogP contribution in [0.1, 0.15) is 89.3 Å². The van der Waals surface area contributed by atoms with Crippen LogP contribution in [-0.2, 0) is 4.79 Å². The summed E-state index contributed by atoms with van der Waals surface area (Å²) >= 11 is 12.7. The molecular weight excluding hydrogens is 461 g/mol. The number of halogens is 2. The van der Waals surface area contributed by atoms with Crippen LogP contribution in [-0.4, -0.2) is 16.8 Å². The molecule has 3 rings (SSSR count). The zero-order valence-electron chi connectivity index (χ0n) is 21.1. The molecule has 0 unspecified atom stereocenters. The molecule has 0 radical (unpaired) electrons. The fourth-order valence-corrected chi connectivity index (χ4v) is 5.91. The van der Waals surface area contributed by atoms with E-state index in [0.717, 1.165) is 36.3 Å². The average Bonchev–Trinajstić information content (AvgIpc) is 2.79. The van der Waals surface area contributed by atoms with Crippen molar-refractivity contribution < 1.29 is 4.79 Å². The van der Waals surface area contributed by atoms with Crippen molar-refractivity contribution in [3.8, 4) is 0 Å². The molecule has 0 aromatic heterocycles. The second-order valence-electron chi connectivity index (χ2n) is 10.5. The van der Waals surface area contributed by atoms with Gasteiger partial charge in [-0.25, -0.2) is 0 Å². The average molecular weight is 501 g/mol. The van der Waals surface area contributed by atoms with Gasteiger partial charge in [0.1, 0.15) is 0 Å². The molecule has 4 heteroatoms. The Morgan fingerprint density at radius 3 is 2.38 bits per heavy atom. The first-order valence-corrected chi connectivity index (χ1v) is 13.4. The molecule has 4 atom stereocenters. The first-order chi connectivity index (χ1) is 16.2. The summed E-state index contributed by atoms with van der Waals surface area (Å²) in [5.41, 5.74) is 1.81. The van der Waals surface area contributed by atoms with Gasteiger partial charge < -0.3 is 4.90 Å². The van der Waals surface area contributed by atoms with Gasteiger partial charge in [0, 0.05) is 22.0 Å². The Labute approximate surface area is 216 Å². The Hall–Kier alpha value is -1.77. The molecule has 184 valence electrons. The van der Waals surface area contributed by atoms with Crippen LogP contribution >= 0.6 is 23.2 Å². The van der Waals surface area contributed by atoms with Crippen molar-refractivity contribution in [1.29, 1.82) is 0 Å². The van der Waals surface area contributed by atoms with Crippen LogP contribution in [0.25, 0.3) is 0 Å². The third kappa shape index (κ3) is 6.07. The largest absolute Gasteiger partial charge is 0.332 e. The number of carbonyl (C=O) groups excluding carboxylic acids is 1. The molecule has 1 aliphatic rings. The first-order valence-electron chi connectivity index (χ1n) is 12.6. The molecule has 1 saturated heterocycles. The van der Waals surface area contributed by atoms with E-state index in [1.807, 2.05) is 30.3 Å². The van der Waals surface area contributed by atoms with Crippen molar-refractivity contribution in [2.24, 2.45) is 11.3 Å². The lowest BCUT2D eigenvalue weighted by molar-refractivity contribution is -0.154. The number of likely N-dealkylation sites (tertiary alicyclic amines) is 1. The highest BCUT2D eigenvalue weighted by Gasteiger charge is 2.50. The molecule has 0 bridgehead atoms. The normalized spacial score (nSPS) is 23.9. The van der Waals surface area contributed by atoms with Gasteiger partial charge in [0.05, 0.1) is 11.5 Å². The van der Waals surface area contributed by atoms with Gasteiger partial charge in [0.15, 0.2) is 0 Å². The number of allylic oxidation sites excluding steroid dienone is 1. The Morgan fingerprint density at radius 2 is 1.79 bits per heavy atom. The number of carbonyl (C=O) groups is 1. The van der Waals surface area contributed by atoms with Crippen LogP contribution in [0.3, 0.4) is 0 Å². The minimum Gasteiger partial charge on any atom is -0.332 e. The molecule has 0 spiro atoms. The second-order valence-corrected chi connectivity index (χ2v) is 11.4. The van der Waals surface area contributed by atoms with Crippen LogP contribution in [0.5, 0.6) is 0 Å². The van der Waals surface area contributed by atoms with Crippen molar-refractivity contribution in [1.82, 2.24) is 4.90 Å². The summed E-state index contributed by atoms with van der Waals surface area (Å²) in [6, 6.07) is 16.3. The fourth-order valence-electron chi connectivity index (χ4n) is 5.59. The number of rotatable bonds is 10. The Morgan fingerprint density at radius 1 is 1.09 bits per heavy atom. The van der Waals surface area contributed by atoms with E-state index in [1.54, 1.807) is 0 Å². The van der Waals surface area contributed by atoms with Gasteiger partial charge in [0.2, 0.25) is 5.91 Å². The molecule has 0 aliphatic carbocycles. The Balaban J connectivity index is 2.15. The summed E-state index contributed by atoms with van der Waals surface area (Å²) in [5.74, 6) is 1.02. The van der Waals surface area contributed by atoms with Gasteiger partial charge in [-0.3, -0.25) is 4.79 Å². The maximum atomic E-state index is 14.3. The lowest BCUT2D eigenvalue weighted by Gasteiger charge is -2.52. The molecule has 1 heterocycles. The van der Waals surface area contributed by atoms with Crippen molar-refractivity contribution in [2.45, 2.75) is 84.2 Å². The van der Waals surface area contributed by atoms with Crippen LogP contribution in [0, 0.1) is 11.3 Å². The van der Waals surface area contributed by atoms with E-state index in [4.69, 9.17) is 23.2 Å². The zero-order valence-corrected chi connectivity index (χ0v) is 22.6. The van der Waals surface area contributed by atoms with E-state index in [-0.39, 0.29) is 23.9 Å². The molecular formula is C30H39Cl2NO. The maximum Gasteiger partial charge on any atom is 0.229 e. The van der Waals surface area contributed by atoms with Gasteiger partial charge in [-0.15, -0.1) is 6.58 Å². The number of piperidine rings is 1. The minimum absolute atomic E-state index is 0.0647. The summed E-state index contributed by atoms with van der Waals surface area (Å²) in [4.78, 5) is 16.5. The third-order valence-electron chi connectivity index (χ3n) is 7.37. The number of hydrogen-bond donors (Lipinski definition) is 0. The molecule has 34 heavy (non-hydrogen) atoms. The van der Waals surface area contributed by atoms with E-state index in [9.17, 15) is 4.79 Å². The smallest absolute Gasteiger partial charge is 0.229 e. The Bertz CT molecular complexity index is 970. The van der Waals surface area contributed by atoms with Crippen LogP contribution in [0.2, 0.25) is 10.0 Å². The molecule has 0 saturated carbocycles. The topological polar surface area (TPSA) is 20.3 Å². The predicted molar refractivity (Wildman–Crippen MR) is 146 cm³/mol. The predicted octanol–water partition coefficient (Wildman–Crippen LogP) is 9.24. The lowest BCUT2D eigenvalue weighted by atomic mass is 9.67. The highest BCUT2D eigenvalue weighted by atomic mass is 35.5. The van der Waals surface area contributed by atoms with Gasteiger partial charge in [-0.2, -0.15) is 0 Å². The molecule has 1 aliphatic heterocycles.